The van der Waals surface area contributed by atoms with E-state index < -0.39 is 5.41 Å². The summed E-state index contributed by atoms with van der Waals surface area (Å²) in [5, 5.41) is 3.63. The lowest BCUT2D eigenvalue weighted by atomic mass is 9.83. The van der Waals surface area contributed by atoms with E-state index in [-0.39, 0.29) is 18.3 Å². The molecular formula is C17H25ClN2O. The molecule has 2 fully saturated rings. The number of hydrogen-bond donors (Lipinski definition) is 1. The fraction of sp³-hybridized carbons (Fsp3) is 0.588. The van der Waals surface area contributed by atoms with E-state index in [4.69, 9.17) is 0 Å². The van der Waals surface area contributed by atoms with Crippen molar-refractivity contribution in [2.24, 2.45) is 0 Å². The quantitative estimate of drug-likeness (QED) is 0.911. The third-order valence-corrected chi connectivity index (χ3v) is 4.84. The van der Waals surface area contributed by atoms with Crippen molar-refractivity contribution >= 4 is 18.3 Å². The van der Waals surface area contributed by atoms with Crippen molar-refractivity contribution in [3.8, 4) is 0 Å². The van der Waals surface area contributed by atoms with E-state index in [1.807, 2.05) is 32.0 Å². The summed E-state index contributed by atoms with van der Waals surface area (Å²) in [5.41, 5.74) is 0.664. The van der Waals surface area contributed by atoms with E-state index >= 15 is 0 Å². The van der Waals surface area contributed by atoms with E-state index in [0.29, 0.717) is 12.1 Å². The maximum atomic E-state index is 12.9. The van der Waals surface area contributed by atoms with Crippen LogP contribution in [0.1, 0.15) is 38.7 Å². The zero-order valence-electron chi connectivity index (χ0n) is 12.8. The summed E-state index contributed by atoms with van der Waals surface area (Å²) >= 11 is 0. The first-order valence-corrected chi connectivity index (χ1v) is 7.68. The summed E-state index contributed by atoms with van der Waals surface area (Å²) in [5.74, 6) is 0.262. The molecule has 2 aliphatic rings. The van der Waals surface area contributed by atoms with Gasteiger partial charge >= 0.3 is 0 Å². The van der Waals surface area contributed by atoms with Crippen LogP contribution in [0.3, 0.4) is 0 Å². The third-order valence-electron chi connectivity index (χ3n) is 4.84. The Morgan fingerprint density at radius 2 is 1.81 bits per heavy atom. The Morgan fingerprint density at radius 1 is 1.14 bits per heavy atom. The van der Waals surface area contributed by atoms with Gasteiger partial charge in [-0.3, -0.25) is 4.79 Å². The monoisotopic (exact) mass is 308 g/mol. The van der Waals surface area contributed by atoms with E-state index in [9.17, 15) is 4.79 Å². The molecule has 0 aliphatic carbocycles. The lowest BCUT2D eigenvalue weighted by Crippen LogP contribution is -2.47. The van der Waals surface area contributed by atoms with Crippen LogP contribution in [0, 0.1) is 0 Å². The summed E-state index contributed by atoms with van der Waals surface area (Å²) in [6.07, 6.45) is 3.57. The first kappa shape index (κ1) is 16.3. The average molecular weight is 309 g/mol. The van der Waals surface area contributed by atoms with Gasteiger partial charge in [-0.15, -0.1) is 12.4 Å². The standard InChI is InChI=1S/C17H24N2O.ClH/c1-17(2,13-6-4-3-5-7-13)16(20)19-11-10-14-8-9-15(12-19)18-14;/h3-7,14-15,18H,8-12H2,1-2H3;1H. The number of hydrogen-bond acceptors (Lipinski definition) is 2. The number of rotatable bonds is 2. The number of amides is 1. The Bertz CT molecular complexity index is 489. The molecule has 0 radical (unpaired) electrons. The van der Waals surface area contributed by atoms with Gasteiger partial charge in [0.25, 0.3) is 0 Å². The van der Waals surface area contributed by atoms with Gasteiger partial charge in [0.05, 0.1) is 5.41 Å². The van der Waals surface area contributed by atoms with Crippen LogP contribution in [0.25, 0.3) is 0 Å². The van der Waals surface area contributed by atoms with Crippen LogP contribution >= 0.6 is 12.4 Å². The Labute approximate surface area is 133 Å². The molecular weight excluding hydrogens is 284 g/mol. The molecule has 3 rings (SSSR count). The zero-order chi connectivity index (χ0) is 14.2. The summed E-state index contributed by atoms with van der Waals surface area (Å²) in [7, 11) is 0. The number of halogens is 1. The van der Waals surface area contributed by atoms with Crippen molar-refractivity contribution in [1.82, 2.24) is 10.2 Å². The van der Waals surface area contributed by atoms with E-state index in [1.54, 1.807) is 0 Å². The number of nitrogens with one attached hydrogen (secondary N) is 1. The largest absolute Gasteiger partial charge is 0.340 e. The molecule has 0 spiro atoms. The molecule has 0 aromatic heterocycles. The van der Waals surface area contributed by atoms with Crippen LogP contribution in [0.2, 0.25) is 0 Å². The summed E-state index contributed by atoms with van der Waals surface area (Å²) in [6.45, 7) is 5.84. The Balaban J connectivity index is 0.00000161. The average Bonchev–Trinajstić information content (AvgIpc) is 2.78. The van der Waals surface area contributed by atoms with Gasteiger partial charge < -0.3 is 10.2 Å². The minimum atomic E-state index is -0.440. The first-order chi connectivity index (χ1) is 9.57. The number of fused-ring (bicyclic) bond motifs is 2. The second-order valence-electron chi connectivity index (χ2n) is 6.67. The number of carbonyl (C=O) groups is 1. The van der Waals surface area contributed by atoms with Gasteiger partial charge in [-0.2, -0.15) is 0 Å². The van der Waals surface area contributed by atoms with Crippen LogP contribution in [0.4, 0.5) is 0 Å². The van der Waals surface area contributed by atoms with Crippen LogP contribution in [-0.4, -0.2) is 36.0 Å². The lowest BCUT2D eigenvalue weighted by molar-refractivity contribution is -0.136. The maximum absolute atomic E-state index is 12.9. The number of carbonyl (C=O) groups excluding carboxylic acids is 1. The maximum Gasteiger partial charge on any atom is 0.232 e. The summed E-state index contributed by atoms with van der Waals surface area (Å²) in [4.78, 5) is 15.0. The highest BCUT2D eigenvalue weighted by molar-refractivity contribution is 5.87. The fourth-order valence-electron chi connectivity index (χ4n) is 3.50. The van der Waals surface area contributed by atoms with Crippen molar-refractivity contribution in [1.29, 1.82) is 0 Å². The highest BCUT2D eigenvalue weighted by Gasteiger charge is 2.37. The van der Waals surface area contributed by atoms with E-state index in [1.165, 1.54) is 12.8 Å². The molecule has 2 bridgehead atoms. The Hall–Kier alpha value is -1.06. The molecule has 2 unspecified atom stereocenters. The smallest absolute Gasteiger partial charge is 0.232 e. The molecule has 21 heavy (non-hydrogen) atoms. The first-order valence-electron chi connectivity index (χ1n) is 7.68. The zero-order valence-corrected chi connectivity index (χ0v) is 13.7. The highest BCUT2D eigenvalue weighted by atomic mass is 35.5. The molecule has 116 valence electrons. The van der Waals surface area contributed by atoms with Gasteiger partial charge in [0.2, 0.25) is 5.91 Å². The highest BCUT2D eigenvalue weighted by Crippen LogP contribution is 2.28. The van der Waals surface area contributed by atoms with E-state index in [2.05, 4.69) is 22.3 Å². The Kier molecular flexibility index (Phi) is 4.95. The van der Waals surface area contributed by atoms with Gasteiger partial charge in [-0.25, -0.2) is 0 Å². The van der Waals surface area contributed by atoms with Crippen LogP contribution < -0.4 is 5.32 Å². The van der Waals surface area contributed by atoms with E-state index in [0.717, 1.165) is 25.1 Å². The molecule has 0 saturated carbocycles. The second-order valence-corrected chi connectivity index (χ2v) is 6.67. The predicted molar refractivity (Wildman–Crippen MR) is 87.9 cm³/mol. The molecule has 2 heterocycles. The third kappa shape index (κ3) is 3.24. The molecule has 1 aromatic carbocycles. The van der Waals surface area contributed by atoms with Crippen molar-refractivity contribution in [2.45, 2.75) is 50.6 Å². The van der Waals surface area contributed by atoms with Gasteiger partial charge in [-0.05, 0) is 38.7 Å². The van der Waals surface area contributed by atoms with Crippen molar-refractivity contribution in [3.63, 3.8) is 0 Å². The van der Waals surface area contributed by atoms with Crippen LogP contribution in [0.5, 0.6) is 0 Å². The number of benzene rings is 1. The van der Waals surface area contributed by atoms with Crippen molar-refractivity contribution in [3.05, 3.63) is 35.9 Å². The fourth-order valence-corrected chi connectivity index (χ4v) is 3.50. The minimum Gasteiger partial charge on any atom is -0.340 e. The van der Waals surface area contributed by atoms with Gasteiger partial charge in [0.15, 0.2) is 0 Å². The molecule has 1 N–H and O–H groups in total. The van der Waals surface area contributed by atoms with Gasteiger partial charge in [0, 0.05) is 25.2 Å². The molecule has 1 aromatic rings. The molecule has 3 nitrogen and oxygen atoms in total. The van der Waals surface area contributed by atoms with Crippen molar-refractivity contribution in [2.75, 3.05) is 13.1 Å². The summed E-state index contributed by atoms with van der Waals surface area (Å²) < 4.78 is 0. The number of likely N-dealkylation sites (tertiary alicyclic amines) is 1. The number of nitrogens with zero attached hydrogens (tertiary/aromatic N) is 1. The van der Waals surface area contributed by atoms with Crippen LogP contribution in [-0.2, 0) is 10.2 Å². The normalized spacial score (nSPS) is 25.1. The molecule has 4 heteroatoms. The predicted octanol–water partition coefficient (Wildman–Crippen LogP) is 2.74. The van der Waals surface area contributed by atoms with Gasteiger partial charge in [-0.1, -0.05) is 30.3 Å². The summed E-state index contributed by atoms with van der Waals surface area (Å²) in [6, 6.07) is 11.3. The molecule has 2 aliphatic heterocycles. The second kappa shape index (κ2) is 6.37. The molecule has 1 amide bonds. The van der Waals surface area contributed by atoms with Gasteiger partial charge in [0.1, 0.15) is 0 Å². The van der Waals surface area contributed by atoms with Crippen LogP contribution in [0.15, 0.2) is 30.3 Å². The molecule has 2 saturated heterocycles. The topological polar surface area (TPSA) is 32.3 Å². The minimum absolute atomic E-state index is 0. The lowest BCUT2D eigenvalue weighted by Gasteiger charge is -2.33. The molecule has 2 atom stereocenters. The Morgan fingerprint density at radius 3 is 2.52 bits per heavy atom. The van der Waals surface area contributed by atoms with Crippen molar-refractivity contribution < 1.29 is 4.79 Å². The SMILES string of the molecule is CC(C)(C(=O)N1CCC2CCC(C1)N2)c1ccccc1.Cl.